The molecular weight excluding hydrogens is 416 g/mol. The Bertz CT molecular complexity index is 1130. The van der Waals surface area contributed by atoms with E-state index in [9.17, 15) is 19.2 Å². The third-order valence-corrected chi connectivity index (χ3v) is 5.13. The van der Waals surface area contributed by atoms with Gasteiger partial charge in [-0.3, -0.25) is 29.1 Å². The quantitative estimate of drug-likeness (QED) is 0.529. The summed E-state index contributed by atoms with van der Waals surface area (Å²) in [4.78, 5) is 54.4. The summed E-state index contributed by atoms with van der Waals surface area (Å²) in [5.74, 6) is -1.73. The average Bonchev–Trinajstić information content (AvgIpc) is 3.29. The van der Waals surface area contributed by atoms with E-state index in [-0.39, 0.29) is 12.5 Å². The van der Waals surface area contributed by atoms with Crippen LogP contribution < -0.4 is 5.32 Å². The lowest BCUT2D eigenvalue weighted by molar-refractivity contribution is -0.151. The fraction of sp³-hybridized carbons (Fsp3) is 0.286. The monoisotopic (exact) mass is 436 g/mol. The minimum atomic E-state index is -0.994. The van der Waals surface area contributed by atoms with Gasteiger partial charge in [-0.2, -0.15) is 5.11 Å². The minimum absolute atomic E-state index is 0.152. The van der Waals surface area contributed by atoms with Crippen molar-refractivity contribution in [1.82, 2.24) is 14.9 Å². The first-order chi connectivity index (χ1) is 15.4. The summed E-state index contributed by atoms with van der Waals surface area (Å²) < 4.78 is 4.54. The molecule has 0 radical (unpaired) electrons. The molecule has 164 valence electrons. The number of amides is 3. The van der Waals surface area contributed by atoms with Crippen molar-refractivity contribution in [2.45, 2.75) is 25.6 Å². The number of likely N-dealkylation sites (tertiary alicyclic amines) is 1. The van der Waals surface area contributed by atoms with Gasteiger partial charge in [0.05, 0.1) is 13.7 Å². The Labute approximate surface area is 183 Å². The molecule has 32 heavy (non-hydrogen) atoms. The molecule has 2 atom stereocenters. The maximum atomic E-state index is 12.7. The normalized spacial score (nSPS) is 19.3. The van der Waals surface area contributed by atoms with Crippen LogP contribution in [0.1, 0.15) is 21.6 Å². The highest BCUT2D eigenvalue weighted by atomic mass is 16.5. The zero-order valence-electron chi connectivity index (χ0n) is 17.4. The van der Waals surface area contributed by atoms with Gasteiger partial charge in [0.25, 0.3) is 17.7 Å². The molecule has 1 aromatic carbocycles. The van der Waals surface area contributed by atoms with E-state index in [1.807, 2.05) is 13.0 Å². The van der Waals surface area contributed by atoms with E-state index < -0.39 is 36.4 Å². The summed E-state index contributed by atoms with van der Waals surface area (Å²) in [6, 6.07) is 10.2. The van der Waals surface area contributed by atoms with Crippen LogP contribution in [0.2, 0.25) is 0 Å². The van der Waals surface area contributed by atoms with Gasteiger partial charge in [0.1, 0.15) is 12.4 Å². The van der Waals surface area contributed by atoms with Crippen LogP contribution in [0, 0.1) is 6.92 Å². The summed E-state index contributed by atoms with van der Waals surface area (Å²) in [5, 5.41) is 12.0. The van der Waals surface area contributed by atoms with Crippen LogP contribution in [-0.4, -0.2) is 64.3 Å². The van der Waals surface area contributed by atoms with Crippen molar-refractivity contribution in [3.05, 3.63) is 59.3 Å². The SMILES string of the molecule is COC(=O)CN1C(=O)[C@@H]2[C@@H](N=NN2Cc2cccc(C(=O)Nc3cccc(C)n3)c2)C1=O. The van der Waals surface area contributed by atoms with Gasteiger partial charge in [0.15, 0.2) is 12.1 Å². The number of esters is 1. The Kier molecular flexibility index (Phi) is 5.63. The number of benzene rings is 1. The molecule has 4 rings (SSSR count). The van der Waals surface area contributed by atoms with Crippen molar-refractivity contribution in [1.29, 1.82) is 0 Å². The highest BCUT2D eigenvalue weighted by molar-refractivity contribution is 6.11. The van der Waals surface area contributed by atoms with Crippen molar-refractivity contribution in [2.24, 2.45) is 10.3 Å². The number of imide groups is 1. The third-order valence-electron chi connectivity index (χ3n) is 5.13. The van der Waals surface area contributed by atoms with Crippen LogP contribution in [0.3, 0.4) is 0 Å². The molecule has 2 aromatic rings. The van der Waals surface area contributed by atoms with Crippen LogP contribution in [0.25, 0.3) is 0 Å². The number of carbonyl (C=O) groups excluding carboxylic acids is 4. The third kappa shape index (κ3) is 4.04. The molecule has 2 aliphatic rings. The smallest absolute Gasteiger partial charge is 0.325 e. The molecule has 11 nitrogen and oxygen atoms in total. The molecule has 0 spiro atoms. The first-order valence-corrected chi connectivity index (χ1v) is 9.81. The molecule has 0 saturated carbocycles. The number of hydrogen-bond acceptors (Lipinski definition) is 9. The molecule has 2 aliphatic heterocycles. The number of nitrogens with zero attached hydrogens (tertiary/aromatic N) is 5. The summed E-state index contributed by atoms with van der Waals surface area (Å²) in [7, 11) is 1.18. The molecule has 0 unspecified atom stereocenters. The van der Waals surface area contributed by atoms with Crippen molar-refractivity contribution >= 4 is 29.5 Å². The van der Waals surface area contributed by atoms with E-state index >= 15 is 0 Å². The molecule has 0 aliphatic carbocycles. The van der Waals surface area contributed by atoms with E-state index in [4.69, 9.17) is 0 Å². The summed E-state index contributed by atoms with van der Waals surface area (Å²) in [6.07, 6.45) is 0. The Hall–Kier alpha value is -4.15. The molecule has 1 N–H and O–H groups in total. The standard InChI is InChI=1S/C21H20N6O5/c1-12-5-3-8-15(22-12)23-19(29)14-7-4-6-13(9-14)10-27-18-17(24-25-27)20(30)26(21(18)31)11-16(28)32-2/h3-9,17-18H,10-11H2,1-2H3,(H,22,23,29)/t17-,18+/m1/s1. The largest absolute Gasteiger partial charge is 0.468 e. The van der Waals surface area contributed by atoms with E-state index in [0.717, 1.165) is 10.6 Å². The number of hydrogen-bond donors (Lipinski definition) is 1. The van der Waals surface area contributed by atoms with E-state index in [2.05, 4.69) is 25.4 Å². The second kappa shape index (κ2) is 8.53. The van der Waals surface area contributed by atoms with Gasteiger partial charge in [-0.05, 0) is 36.8 Å². The van der Waals surface area contributed by atoms with Gasteiger partial charge in [0.2, 0.25) is 0 Å². The van der Waals surface area contributed by atoms with Crippen LogP contribution in [0.5, 0.6) is 0 Å². The number of anilines is 1. The van der Waals surface area contributed by atoms with E-state index in [1.165, 1.54) is 12.1 Å². The number of rotatable bonds is 6. The molecule has 1 aromatic heterocycles. The lowest BCUT2D eigenvalue weighted by Gasteiger charge is -2.20. The lowest BCUT2D eigenvalue weighted by atomic mass is 10.1. The molecular formula is C21H20N6O5. The zero-order chi connectivity index (χ0) is 22.8. The molecule has 1 fully saturated rings. The Morgan fingerprint density at radius 3 is 2.66 bits per heavy atom. The van der Waals surface area contributed by atoms with Crippen molar-refractivity contribution < 1.29 is 23.9 Å². The Morgan fingerprint density at radius 1 is 1.12 bits per heavy atom. The second-order valence-corrected chi connectivity index (χ2v) is 7.35. The van der Waals surface area contributed by atoms with Crippen molar-refractivity contribution in [3.8, 4) is 0 Å². The highest BCUT2D eigenvalue weighted by Crippen LogP contribution is 2.29. The van der Waals surface area contributed by atoms with Crippen LogP contribution in [-0.2, 0) is 25.7 Å². The Balaban J connectivity index is 1.46. The van der Waals surface area contributed by atoms with Crippen LogP contribution >= 0.6 is 0 Å². The number of methoxy groups -OCH3 is 1. The van der Waals surface area contributed by atoms with Gasteiger partial charge in [-0.1, -0.05) is 23.4 Å². The highest BCUT2D eigenvalue weighted by Gasteiger charge is 2.54. The average molecular weight is 436 g/mol. The number of carbonyl (C=O) groups is 4. The van der Waals surface area contributed by atoms with Crippen LogP contribution in [0.15, 0.2) is 52.8 Å². The molecule has 3 amide bonds. The van der Waals surface area contributed by atoms with Gasteiger partial charge >= 0.3 is 5.97 Å². The van der Waals surface area contributed by atoms with E-state index in [0.29, 0.717) is 16.9 Å². The number of nitrogens with one attached hydrogen (secondary N) is 1. The van der Waals surface area contributed by atoms with Gasteiger partial charge in [-0.25, -0.2) is 4.98 Å². The summed E-state index contributed by atoms with van der Waals surface area (Å²) in [6.45, 7) is 1.52. The number of ether oxygens (including phenoxy) is 1. The maximum absolute atomic E-state index is 12.7. The molecule has 3 heterocycles. The zero-order valence-corrected chi connectivity index (χ0v) is 17.4. The fourth-order valence-corrected chi connectivity index (χ4v) is 3.56. The van der Waals surface area contributed by atoms with Crippen molar-refractivity contribution in [3.63, 3.8) is 0 Å². The number of fused-ring (bicyclic) bond motifs is 1. The van der Waals surface area contributed by atoms with Crippen LogP contribution in [0.4, 0.5) is 5.82 Å². The number of aryl methyl sites for hydroxylation is 1. The minimum Gasteiger partial charge on any atom is -0.468 e. The molecule has 1 saturated heterocycles. The topological polar surface area (TPSA) is 134 Å². The summed E-state index contributed by atoms with van der Waals surface area (Å²) >= 11 is 0. The first kappa shape index (κ1) is 21.1. The van der Waals surface area contributed by atoms with Crippen molar-refractivity contribution in [2.75, 3.05) is 19.0 Å². The summed E-state index contributed by atoms with van der Waals surface area (Å²) in [5.41, 5.74) is 1.88. The van der Waals surface area contributed by atoms with Gasteiger partial charge in [-0.15, -0.1) is 0 Å². The first-order valence-electron chi connectivity index (χ1n) is 9.81. The fourth-order valence-electron chi connectivity index (χ4n) is 3.56. The van der Waals surface area contributed by atoms with Gasteiger partial charge in [0, 0.05) is 11.3 Å². The second-order valence-electron chi connectivity index (χ2n) is 7.35. The predicted molar refractivity (Wildman–Crippen MR) is 110 cm³/mol. The van der Waals surface area contributed by atoms with E-state index in [1.54, 1.807) is 36.4 Å². The maximum Gasteiger partial charge on any atom is 0.325 e. The number of aromatic nitrogens is 1. The Morgan fingerprint density at radius 2 is 1.91 bits per heavy atom. The molecule has 11 heteroatoms. The molecule has 0 bridgehead atoms. The lowest BCUT2D eigenvalue weighted by Crippen LogP contribution is -2.41. The number of pyridine rings is 1. The van der Waals surface area contributed by atoms with Gasteiger partial charge < -0.3 is 10.1 Å². The predicted octanol–water partition coefficient (Wildman–Crippen LogP) is 1.10.